The summed E-state index contributed by atoms with van der Waals surface area (Å²) in [6, 6.07) is 0.237. The van der Waals surface area contributed by atoms with Gasteiger partial charge in [0.1, 0.15) is 0 Å². The fraction of sp³-hybridized carbons (Fsp3) is 1.00. The first-order chi connectivity index (χ1) is 4.85. The Morgan fingerprint density at radius 2 is 2.30 bits per heavy atom. The first-order valence-corrected chi connectivity index (χ1v) is 3.17. The van der Waals surface area contributed by atoms with E-state index in [0.717, 1.165) is 6.54 Å². The largest absolute Gasteiger partial charge is 0.318 e. The normalized spacial score (nSPS) is 12.2. The van der Waals surface area contributed by atoms with E-state index in [1.165, 1.54) is 0 Å². The highest BCUT2D eigenvalue weighted by molar-refractivity contribution is 4.68. The van der Waals surface area contributed by atoms with Crippen LogP contribution in [0.1, 0.15) is 0 Å². The average molecular weight is 143 g/mol. The van der Waals surface area contributed by atoms with E-state index in [-0.39, 0.29) is 6.04 Å². The Hall–Kier alpha value is -0.770. The van der Waals surface area contributed by atoms with Crippen LogP contribution in [0.15, 0.2) is 5.11 Å². The number of likely N-dealkylation sites (N-methyl/N-ethyl adjacent to an activating group) is 2. The molecule has 0 fully saturated rings. The van der Waals surface area contributed by atoms with Crippen molar-refractivity contribution in [3.05, 3.63) is 10.4 Å². The Bertz CT molecular complexity index is 117. The molecule has 0 saturated heterocycles. The van der Waals surface area contributed by atoms with Gasteiger partial charge >= 0.3 is 0 Å². The molecular weight excluding hydrogens is 130 g/mol. The highest BCUT2D eigenvalue weighted by atomic mass is 15.1. The minimum Gasteiger partial charge on any atom is -0.318 e. The van der Waals surface area contributed by atoms with Crippen LogP contribution in [0.4, 0.5) is 0 Å². The highest BCUT2D eigenvalue weighted by Gasteiger charge is 2.00. The van der Waals surface area contributed by atoms with Crippen LogP contribution in [0, 0.1) is 0 Å². The lowest BCUT2D eigenvalue weighted by Gasteiger charge is -2.11. The van der Waals surface area contributed by atoms with Gasteiger partial charge < -0.3 is 10.6 Å². The van der Waals surface area contributed by atoms with Crippen LogP contribution in [-0.4, -0.2) is 33.2 Å². The molecule has 2 N–H and O–H groups in total. The van der Waals surface area contributed by atoms with Crippen LogP contribution in [-0.2, 0) is 0 Å². The number of nitrogens with one attached hydrogen (secondary N) is 2. The summed E-state index contributed by atoms with van der Waals surface area (Å²) in [5.74, 6) is 0. The smallest absolute Gasteiger partial charge is 0.0424 e. The summed E-state index contributed by atoms with van der Waals surface area (Å²) in [7, 11) is 3.70. The number of hydrogen-bond acceptors (Lipinski definition) is 3. The van der Waals surface area contributed by atoms with Gasteiger partial charge in [-0.3, -0.25) is 0 Å². The molecule has 0 radical (unpaired) electrons. The lowest BCUT2D eigenvalue weighted by molar-refractivity contribution is 0.540. The molecule has 0 aromatic rings. The van der Waals surface area contributed by atoms with Crippen LogP contribution in [0.5, 0.6) is 0 Å². The first-order valence-electron chi connectivity index (χ1n) is 3.17. The predicted octanol–water partition coefficient (Wildman–Crippen LogP) is 0.104. The third-order valence-electron chi connectivity index (χ3n) is 1.22. The van der Waals surface area contributed by atoms with Crippen molar-refractivity contribution in [1.29, 1.82) is 0 Å². The molecule has 1 atom stereocenters. The molecule has 58 valence electrons. The van der Waals surface area contributed by atoms with Crippen molar-refractivity contribution >= 4 is 0 Å². The molecule has 0 aromatic heterocycles. The summed E-state index contributed by atoms with van der Waals surface area (Å²) in [4.78, 5) is 2.66. The fourth-order valence-corrected chi connectivity index (χ4v) is 0.639. The zero-order valence-electron chi connectivity index (χ0n) is 6.33. The molecule has 0 amide bonds. The Morgan fingerprint density at radius 1 is 1.60 bits per heavy atom. The average Bonchev–Trinajstić information content (AvgIpc) is 1.98. The van der Waals surface area contributed by atoms with E-state index in [1.807, 2.05) is 14.1 Å². The van der Waals surface area contributed by atoms with Gasteiger partial charge in [0.05, 0.1) is 0 Å². The maximum absolute atomic E-state index is 7.99. The van der Waals surface area contributed by atoms with Crippen LogP contribution in [0.3, 0.4) is 0 Å². The molecular formula is C5H13N5. The second-order valence-corrected chi connectivity index (χ2v) is 1.96. The molecule has 0 aromatic carbocycles. The topological polar surface area (TPSA) is 72.8 Å². The van der Waals surface area contributed by atoms with Gasteiger partial charge in [-0.1, -0.05) is 5.11 Å². The monoisotopic (exact) mass is 143 g/mol. The molecule has 0 aliphatic heterocycles. The van der Waals surface area contributed by atoms with Crippen molar-refractivity contribution in [2.75, 3.05) is 27.2 Å². The number of rotatable bonds is 5. The minimum absolute atomic E-state index is 0.237. The van der Waals surface area contributed by atoms with E-state index in [2.05, 4.69) is 20.7 Å². The van der Waals surface area contributed by atoms with Crippen molar-refractivity contribution < 1.29 is 0 Å². The third-order valence-corrected chi connectivity index (χ3v) is 1.22. The SMILES string of the molecule is CNC[C@@H](CN=[N+]=[N-])NC. The van der Waals surface area contributed by atoms with Crippen molar-refractivity contribution in [2.45, 2.75) is 6.04 Å². The number of hydrogen-bond donors (Lipinski definition) is 2. The molecule has 0 saturated carbocycles. The van der Waals surface area contributed by atoms with Gasteiger partial charge in [0, 0.05) is 24.0 Å². The van der Waals surface area contributed by atoms with E-state index >= 15 is 0 Å². The lowest BCUT2D eigenvalue weighted by atomic mass is 10.3. The van der Waals surface area contributed by atoms with E-state index in [4.69, 9.17) is 5.53 Å². The Labute approximate surface area is 60.4 Å². The molecule has 0 spiro atoms. The van der Waals surface area contributed by atoms with Crippen molar-refractivity contribution in [3.8, 4) is 0 Å². The van der Waals surface area contributed by atoms with Crippen molar-refractivity contribution in [3.63, 3.8) is 0 Å². The van der Waals surface area contributed by atoms with Crippen LogP contribution < -0.4 is 10.6 Å². The number of azide groups is 1. The Kier molecular flexibility index (Phi) is 5.86. The quantitative estimate of drug-likeness (QED) is 0.325. The fourth-order valence-electron chi connectivity index (χ4n) is 0.639. The molecule has 0 aliphatic rings. The van der Waals surface area contributed by atoms with Crippen LogP contribution in [0.25, 0.3) is 10.4 Å². The van der Waals surface area contributed by atoms with Crippen LogP contribution in [0.2, 0.25) is 0 Å². The zero-order valence-corrected chi connectivity index (χ0v) is 6.33. The predicted molar refractivity (Wildman–Crippen MR) is 40.8 cm³/mol. The van der Waals surface area contributed by atoms with Crippen LogP contribution >= 0.6 is 0 Å². The molecule has 0 heterocycles. The second-order valence-electron chi connectivity index (χ2n) is 1.96. The second kappa shape index (κ2) is 6.35. The summed E-state index contributed by atoms with van der Waals surface area (Å²) in [6.45, 7) is 1.31. The third kappa shape index (κ3) is 4.14. The van der Waals surface area contributed by atoms with Crippen molar-refractivity contribution in [2.24, 2.45) is 5.11 Å². The molecule has 10 heavy (non-hydrogen) atoms. The van der Waals surface area contributed by atoms with E-state index in [0.29, 0.717) is 6.54 Å². The summed E-state index contributed by atoms with van der Waals surface area (Å²) in [6.07, 6.45) is 0. The summed E-state index contributed by atoms with van der Waals surface area (Å²) < 4.78 is 0. The molecule has 0 aliphatic carbocycles. The van der Waals surface area contributed by atoms with Crippen molar-refractivity contribution in [1.82, 2.24) is 10.6 Å². The van der Waals surface area contributed by atoms with Gasteiger partial charge in [0.25, 0.3) is 0 Å². The summed E-state index contributed by atoms with van der Waals surface area (Å²) >= 11 is 0. The lowest BCUT2D eigenvalue weighted by Crippen LogP contribution is -2.37. The summed E-state index contributed by atoms with van der Waals surface area (Å²) in [5, 5.41) is 9.43. The van der Waals surface area contributed by atoms with E-state index in [9.17, 15) is 0 Å². The summed E-state index contributed by atoms with van der Waals surface area (Å²) in [5.41, 5.74) is 7.99. The van der Waals surface area contributed by atoms with Gasteiger partial charge in [0.15, 0.2) is 0 Å². The molecule has 0 unspecified atom stereocenters. The molecule has 0 rings (SSSR count). The maximum atomic E-state index is 7.99. The van der Waals surface area contributed by atoms with Gasteiger partial charge in [-0.15, -0.1) is 0 Å². The van der Waals surface area contributed by atoms with Gasteiger partial charge in [-0.05, 0) is 19.6 Å². The standard InChI is InChI=1S/C5H13N5/c1-7-3-5(8-2)4-9-10-6/h5,7-8H,3-4H2,1-2H3/t5-/m0/s1. The van der Waals surface area contributed by atoms with Gasteiger partial charge in [0.2, 0.25) is 0 Å². The zero-order chi connectivity index (χ0) is 7.82. The van der Waals surface area contributed by atoms with Gasteiger partial charge in [-0.2, -0.15) is 0 Å². The van der Waals surface area contributed by atoms with E-state index < -0.39 is 0 Å². The minimum atomic E-state index is 0.237. The molecule has 5 heteroatoms. The number of nitrogens with zero attached hydrogens (tertiary/aromatic N) is 3. The molecule has 5 nitrogen and oxygen atoms in total. The first kappa shape index (κ1) is 9.23. The Balaban J connectivity index is 3.48. The maximum Gasteiger partial charge on any atom is 0.0424 e. The van der Waals surface area contributed by atoms with Gasteiger partial charge in [-0.25, -0.2) is 0 Å². The molecule has 0 bridgehead atoms. The van der Waals surface area contributed by atoms with E-state index in [1.54, 1.807) is 0 Å². The Morgan fingerprint density at radius 3 is 2.70 bits per heavy atom. The highest BCUT2D eigenvalue weighted by Crippen LogP contribution is 1.81.